The second kappa shape index (κ2) is 6.54. The average molecular weight is 362 g/mol. The number of nitrogens with zero attached hydrogens (tertiary/aromatic N) is 2. The zero-order valence-electron chi connectivity index (χ0n) is 12.0. The van der Waals surface area contributed by atoms with E-state index in [-0.39, 0.29) is 17.0 Å². The minimum absolute atomic E-state index is 0.00338. The summed E-state index contributed by atoms with van der Waals surface area (Å²) in [6, 6.07) is 2.41. The van der Waals surface area contributed by atoms with Gasteiger partial charge < -0.3 is 5.32 Å². The molecule has 2 N–H and O–H groups in total. The second-order valence-electron chi connectivity index (χ2n) is 4.75. The van der Waals surface area contributed by atoms with Crippen molar-refractivity contribution in [1.29, 1.82) is 0 Å². The first-order valence-electron chi connectivity index (χ1n) is 6.31. The molecule has 1 heterocycles. The highest BCUT2D eigenvalue weighted by molar-refractivity contribution is 7.94. The van der Waals surface area contributed by atoms with Crippen LogP contribution in [0.4, 0.5) is 19.6 Å². The van der Waals surface area contributed by atoms with Gasteiger partial charge >= 0.3 is 0 Å². The maximum atomic E-state index is 13.5. The molecule has 0 unspecified atom stereocenters. The third kappa shape index (κ3) is 4.20. The van der Waals surface area contributed by atoms with Gasteiger partial charge in [0.2, 0.25) is 11.0 Å². The fraction of sp³-hybridized carbons (Fsp3) is 0.250. The summed E-state index contributed by atoms with van der Waals surface area (Å²) < 4.78 is 52.0. The summed E-state index contributed by atoms with van der Waals surface area (Å²) >= 11 is 0.613. The molecule has 124 valence electrons. The van der Waals surface area contributed by atoms with Crippen LogP contribution in [0.5, 0.6) is 0 Å². The van der Waals surface area contributed by atoms with Gasteiger partial charge in [0.25, 0.3) is 14.4 Å². The van der Waals surface area contributed by atoms with Crippen LogP contribution in [-0.2, 0) is 14.8 Å². The number of carbonyl (C=O) groups excluding carboxylic acids is 1. The Morgan fingerprint density at radius 3 is 2.57 bits per heavy atom. The lowest BCUT2D eigenvalue weighted by Crippen LogP contribution is -2.17. The Hall–Kier alpha value is -2.14. The molecule has 2 rings (SSSR count). The Balaban J connectivity index is 2.20. The SMILES string of the molecule is CC(C)C(=O)Nc1nnc(S(=O)(=O)Nc2ccc(F)cc2F)s1. The smallest absolute Gasteiger partial charge is 0.291 e. The Bertz CT molecular complexity index is 837. The van der Waals surface area contributed by atoms with Crippen LogP contribution in [0.1, 0.15) is 13.8 Å². The molecule has 0 saturated carbocycles. The zero-order valence-corrected chi connectivity index (χ0v) is 13.6. The fourth-order valence-corrected chi connectivity index (χ4v) is 3.35. The molecule has 0 spiro atoms. The van der Waals surface area contributed by atoms with Crippen LogP contribution in [0, 0.1) is 17.6 Å². The molecule has 0 aliphatic heterocycles. The molecule has 1 amide bonds. The van der Waals surface area contributed by atoms with E-state index in [1.54, 1.807) is 13.8 Å². The molecule has 1 aromatic carbocycles. The van der Waals surface area contributed by atoms with Crippen molar-refractivity contribution in [3.63, 3.8) is 0 Å². The summed E-state index contributed by atoms with van der Waals surface area (Å²) in [4.78, 5) is 11.5. The summed E-state index contributed by atoms with van der Waals surface area (Å²) in [6.45, 7) is 3.32. The number of carbonyl (C=O) groups is 1. The fourth-order valence-electron chi connectivity index (χ4n) is 1.38. The maximum Gasteiger partial charge on any atom is 0.291 e. The van der Waals surface area contributed by atoms with Gasteiger partial charge in [-0.15, -0.1) is 10.2 Å². The van der Waals surface area contributed by atoms with Crippen molar-refractivity contribution in [2.75, 3.05) is 10.0 Å². The number of amides is 1. The van der Waals surface area contributed by atoms with E-state index in [9.17, 15) is 22.0 Å². The predicted molar refractivity (Wildman–Crippen MR) is 80.5 cm³/mol. The highest BCUT2D eigenvalue weighted by Gasteiger charge is 2.22. The number of nitrogens with one attached hydrogen (secondary N) is 2. The molecule has 0 fully saturated rings. The summed E-state index contributed by atoms with van der Waals surface area (Å²) in [5.41, 5.74) is -0.422. The largest absolute Gasteiger partial charge is 0.300 e. The highest BCUT2D eigenvalue weighted by Crippen LogP contribution is 2.24. The monoisotopic (exact) mass is 362 g/mol. The van der Waals surface area contributed by atoms with Gasteiger partial charge in [-0.2, -0.15) is 8.42 Å². The lowest BCUT2D eigenvalue weighted by molar-refractivity contribution is -0.118. The number of rotatable bonds is 5. The first kappa shape index (κ1) is 17.2. The van der Waals surface area contributed by atoms with E-state index in [1.807, 2.05) is 4.72 Å². The van der Waals surface area contributed by atoms with Crippen LogP contribution < -0.4 is 10.0 Å². The minimum Gasteiger partial charge on any atom is -0.300 e. The summed E-state index contributed by atoms with van der Waals surface area (Å²) in [5, 5.41) is 9.41. The van der Waals surface area contributed by atoms with Gasteiger partial charge in [0.05, 0.1) is 5.69 Å². The number of anilines is 2. The molecule has 1 aromatic heterocycles. The van der Waals surface area contributed by atoms with Crippen LogP contribution in [0.25, 0.3) is 0 Å². The number of hydrogen-bond acceptors (Lipinski definition) is 6. The number of hydrogen-bond donors (Lipinski definition) is 2. The Kier molecular flexibility index (Phi) is 4.90. The van der Waals surface area contributed by atoms with Crippen LogP contribution in [0.2, 0.25) is 0 Å². The molecule has 0 radical (unpaired) electrons. The Labute approximate surface area is 134 Å². The third-order valence-electron chi connectivity index (χ3n) is 2.57. The summed E-state index contributed by atoms with van der Waals surface area (Å²) in [6.07, 6.45) is 0. The van der Waals surface area contributed by atoms with Gasteiger partial charge in [0, 0.05) is 12.0 Å². The van der Waals surface area contributed by atoms with Crippen LogP contribution in [-0.4, -0.2) is 24.5 Å². The second-order valence-corrected chi connectivity index (χ2v) is 7.58. The minimum atomic E-state index is -4.20. The third-order valence-corrected chi connectivity index (χ3v) is 5.14. The first-order valence-corrected chi connectivity index (χ1v) is 8.61. The molecule has 11 heteroatoms. The van der Waals surface area contributed by atoms with E-state index >= 15 is 0 Å². The lowest BCUT2D eigenvalue weighted by atomic mass is 10.2. The highest BCUT2D eigenvalue weighted by atomic mass is 32.2. The van der Waals surface area contributed by atoms with Crippen molar-refractivity contribution < 1.29 is 22.0 Å². The maximum absolute atomic E-state index is 13.5. The van der Waals surface area contributed by atoms with Crippen molar-refractivity contribution in [3.8, 4) is 0 Å². The van der Waals surface area contributed by atoms with Crippen LogP contribution in [0.3, 0.4) is 0 Å². The van der Waals surface area contributed by atoms with Crippen LogP contribution in [0.15, 0.2) is 22.5 Å². The molecular weight excluding hydrogens is 350 g/mol. The van der Waals surface area contributed by atoms with Gasteiger partial charge in [0.1, 0.15) is 11.6 Å². The molecule has 23 heavy (non-hydrogen) atoms. The molecule has 0 aliphatic carbocycles. The molecule has 0 atom stereocenters. The number of halogens is 2. The average Bonchev–Trinajstić information content (AvgIpc) is 2.91. The van der Waals surface area contributed by atoms with Gasteiger partial charge in [-0.25, -0.2) is 8.78 Å². The van der Waals surface area contributed by atoms with E-state index in [0.717, 1.165) is 12.1 Å². The molecule has 0 aliphatic rings. The summed E-state index contributed by atoms with van der Waals surface area (Å²) in [7, 11) is -4.20. The Morgan fingerprint density at radius 2 is 1.96 bits per heavy atom. The standard InChI is InChI=1S/C12H12F2N4O3S2/c1-6(2)10(19)15-11-16-17-12(22-11)23(20,21)18-9-4-3-7(13)5-8(9)14/h3-6,18H,1-2H3,(H,15,16,19). The normalized spacial score (nSPS) is 11.5. The van der Waals surface area contributed by atoms with Crippen molar-refractivity contribution in [2.45, 2.75) is 18.2 Å². The molecule has 0 saturated heterocycles. The van der Waals surface area contributed by atoms with Crippen molar-refractivity contribution in [3.05, 3.63) is 29.8 Å². The zero-order chi connectivity index (χ0) is 17.2. The summed E-state index contributed by atoms with van der Waals surface area (Å²) in [5.74, 6) is -2.56. The molecular formula is C12H12F2N4O3S2. The quantitative estimate of drug-likeness (QED) is 0.794. The first-order chi connectivity index (χ1) is 10.7. The Morgan fingerprint density at radius 1 is 1.26 bits per heavy atom. The molecule has 2 aromatic rings. The van der Waals surface area contributed by atoms with E-state index in [1.165, 1.54) is 0 Å². The predicted octanol–water partition coefficient (Wildman–Crippen LogP) is 2.21. The number of sulfonamides is 1. The molecule has 0 bridgehead atoms. The van der Waals surface area contributed by atoms with Gasteiger partial charge in [-0.05, 0) is 12.1 Å². The lowest BCUT2D eigenvalue weighted by Gasteiger charge is -2.06. The molecule has 7 nitrogen and oxygen atoms in total. The van der Waals surface area contributed by atoms with Gasteiger partial charge in [-0.3, -0.25) is 9.52 Å². The van der Waals surface area contributed by atoms with Gasteiger partial charge in [0.15, 0.2) is 0 Å². The topological polar surface area (TPSA) is 101 Å². The van der Waals surface area contributed by atoms with E-state index in [0.29, 0.717) is 17.4 Å². The van der Waals surface area contributed by atoms with E-state index in [4.69, 9.17) is 0 Å². The van der Waals surface area contributed by atoms with Crippen molar-refractivity contribution in [1.82, 2.24) is 10.2 Å². The number of benzene rings is 1. The number of aromatic nitrogens is 2. The van der Waals surface area contributed by atoms with Gasteiger partial charge in [-0.1, -0.05) is 25.2 Å². The van der Waals surface area contributed by atoms with Crippen molar-refractivity contribution in [2.24, 2.45) is 5.92 Å². The van der Waals surface area contributed by atoms with E-state index in [2.05, 4.69) is 15.5 Å². The van der Waals surface area contributed by atoms with E-state index < -0.39 is 31.7 Å². The van der Waals surface area contributed by atoms with Crippen LogP contribution >= 0.6 is 11.3 Å². The van der Waals surface area contributed by atoms with Crippen molar-refractivity contribution >= 4 is 38.1 Å².